The molecular weight excluding hydrogens is 356 g/mol. The van der Waals surface area contributed by atoms with Gasteiger partial charge in [0.15, 0.2) is 0 Å². The van der Waals surface area contributed by atoms with Crippen LogP contribution in [0.4, 0.5) is 0 Å². The number of aliphatic hydroxyl groups is 1. The van der Waals surface area contributed by atoms with E-state index in [4.69, 9.17) is 4.74 Å². The summed E-state index contributed by atoms with van der Waals surface area (Å²) in [6.45, 7) is 10.4. The minimum absolute atomic E-state index is 0.202. The smallest absolute Gasteiger partial charge is 0.0657 e. The Balaban J connectivity index is 1.60. The van der Waals surface area contributed by atoms with Crippen LogP contribution in [0.1, 0.15) is 98.3 Å². The molecule has 0 saturated heterocycles. The predicted molar refractivity (Wildman–Crippen MR) is 121 cm³/mol. The highest BCUT2D eigenvalue weighted by Gasteiger charge is 2.60. The van der Waals surface area contributed by atoms with Crippen molar-refractivity contribution < 1.29 is 9.84 Å². The third kappa shape index (κ3) is 3.55. The van der Waals surface area contributed by atoms with Crippen molar-refractivity contribution in [2.24, 2.45) is 40.4 Å². The molecule has 0 unspecified atom stereocenters. The summed E-state index contributed by atoms with van der Waals surface area (Å²) in [4.78, 5) is 0. The van der Waals surface area contributed by atoms with E-state index >= 15 is 0 Å². The highest BCUT2D eigenvalue weighted by molar-refractivity contribution is 5.28. The van der Waals surface area contributed by atoms with Crippen LogP contribution < -0.4 is 0 Å². The molecule has 0 bridgehead atoms. The largest absolute Gasteiger partial charge is 0.390 e. The number of hydrogen-bond acceptors (Lipinski definition) is 2. The van der Waals surface area contributed by atoms with Gasteiger partial charge in [-0.15, -0.1) is 0 Å². The van der Waals surface area contributed by atoms with E-state index in [1.807, 2.05) is 14.0 Å². The fourth-order valence-corrected chi connectivity index (χ4v) is 8.84. The van der Waals surface area contributed by atoms with Gasteiger partial charge >= 0.3 is 0 Å². The van der Waals surface area contributed by atoms with Crippen molar-refractivity contribution in [1.29, 1.82) is 0 Å². The highest BCUT2D eigenvalue weighted by Crippen LogP contribution is 2.67. The number of hydrogen-bond donors (Lipinski definition) is 1. The quantitative estimate of drug-likeness (QED) is 0.497. The van der Waals surface area contributed by atoms with Crippen molar-refractivity contribution in [3.8, 4) is 0 Å². The first kappa shape index (κ1) is 21.9. The Morgan fingerprint density at radius 1 is 1.14 bits per heavy atom. The number of unbranched alkanes of at least 4 members (excludes halogenated alkanes) is 1. The summed E-state index contributed by atoms with van der Waals surface area (Å²) in [5.74, 6) is 4.30. The lowest BCUT2D eigenvalue weighted by Crippen LogP contribution is -2.54. The van der Waals surface area contributed by atoms with Crippen LogP contribution >= 0.6 is 0 Å². The summed E-state index contributed by atoms with van der Waals surface area (Å²) in [7, 11) is 1.89. The number of methoxy groups -OCH3 is 1. The van der Waals surface area contributed by atoms with Crippen molar-refractivity contribution in [1.82, 2.24) is 0 Å². The number of allylic oxidation sites excluding steroid dienone is 1. The molecule has 0 amide bonds. The van der Waals surface area contributed by atoms with Gasteiger partial charge in [0, 0.05) is 12.5 Å². The van der Waals surface area contributed by atoms with Crippen molar-refractivity contribution in [2.45, 2.75) is 104 Å². The van der Waals surface area contributed by atoms with Crippen LogP contribution in [0.25, 0.3) is 0 Å². The van der Waals surface area contributed by atoms with E-state index in [0.29, 0.717) is 5.41 Å². The van der Waals surface area contributed by atoms with E-state index in [-0.39, 0.29) is 5.41 Å². The SMILES string of the molecule is CCCC[C@@H](C)[C@H]1CC[C@H]2[C@@H]3CC=C4C[C@@](C)(O)CC[C@]4(COC)[C@H]3CC[C@]12C. The molecule has 0 aliphatic heterocycles. The molecule has 1 N–H and O–H groups in total. The van der Waals surface area contributed by atoms with Crippen LogP contribution in [0.15, 0.2) is 11.6 Å². The van der Waals surface area contributed by atoms with Gasteiger partial charge in [-0.2, -0.15) is 0 Å². The Morgan fingerprint density at radius 3 is 2.66 bits per heavy atom. The maximum atomic E-state index is 10.8. The van der Waals surface area contributed by atoms with Crippen LogP contribution in [0.3, 0.4) is 0 Å². The second kappa shape index (κ2) is 7.97. The molecule has 4 aliphatic rings. The Labute approximate surface area is 179 Å². The second-order valence-corrected chi connectivity index (χ2v) is 12.0. The zero-order chi connectivity index (χ0) is 20.9. The first-order valence-electron chi connectivity index (χ1n) is 12.7. The first-order valence-corrected chi connectivity index (χ1v) is 12.7. The van der Waals surface area contributed by atoms with Crippen LogP contribution in [-0.4, -0.2) is 24.4 Å². The summed E-state index contributed by atoms with van der Waals surface area (Å²) in [5, 5.41) is 10.8. The van der Waals surface area contributed by atoms with Crippen LogP contribution in [0, 0.1) is 40.4 Å². The second-order valence-electron chi connectivity index (χ2n) is 12.0. The standard InChI is InChI=1S/C27H46O2/c1-6-7-8-19(2)22-11-12-23-21-10-9-20-17-25(3,28)15-16-27(20,18-29-5)24(21)13-14-26(22,23)4/h9,19,21-24,28H,6-8,10-18H2,1-5H3/t19-,21+,22-,23+,24+,25+,26-,27-/m1/s1. The lowest BCUT2D eigenvalue weighted by atomic mass is 9.46. The zero-order valence-corrected chi connectivity index (χ0v) is 19.8. The number of rotatable bonds is 6. The molecule has 2 heteroatoms. The molecule has 4 rings (SSSR count). The molecule has 0 aromatic rings. The average molecular weight is 403 g/mol. The monoisotopic (exact) mass is 402 g/mol. The van der Waals surface area contributed by atoms with Gasteiger partial charge in [-0.1, -0.05) is 51.7 Å². The molecule has 3 saturated carbocycles. The third-order valence-corrected chi connectivity index (χ3v) is 10.3. The molecule has 2 nitrogen and oxygen atoms in total. The van der Waals surface area contributed by atoms with Crippen LogP contribution in [0.2, 0.25) is 0 Å². The van der Waals surface area contributed by atoms with Gasteiger partial charge in [-0.3, -0.25) is 0 Å². The Bertz CT molecular complexity index is 622. The summed E-state index contributed by atoms with van der Waals surface area (Å²) in [5.41, 5.74) is 1.76. The molecule has 8 atom stereocenters. The summed E-state index contributed by atoms with van der Waals surface area (Å²) in [6, 6.07) is 0. The maximum absolute atomic E-state index is 10.8. The van der Waals surface area contributed by atoms with Gasteiger partial charge in [0.1, 0.15) is 0 Å². The van der Waals surface area contributed by atoms with E-state index < -0.39 is 5.60 Å². The van der Waals surface area contributed by atoms with E-state index in [1.165, 1.54) is 56.9 Å². The predicted octanol–water partition coefficient (Wildman–Crippen LogP) is 6.77. The minimum atomic E-state index is -0.522. The fraction of sp³-hybridized carbons (Fsp3) is 0.926. The molecule has 4 aliphatic carbocycles. The molecule has 0 radical (unpaired) electrons. The Morgan fingerprint density at radius 2 is 1.93 bits per heavy atom. The van der Waals surface area contributed by atoms with Gasteiger partial charge in [0.25, 0.3) is 0 Å². The van der Waals surface area contributed by atoms with Crippen molar-refractivity contribution in [2.75, 3.05) is 13.7 Å². The summed E-state index contributed by atoms with van der Waals surface area (Å²) < 4.78 is 5.88. The van der Waals surface area contributed by atoms with Crippen LogP contribution in [-0.2, 0) is 4.74 Å². The highest BCUT2D eigenvalue weighted by atomic mass is 16.5. The Kier molecular flexibility index (Phi) is 6.01. The average Bonchev–Trinajstić information content (AvgIpc) is 3.03. The molecule has 3 fully saturated rings. The zero-order valence-electron chi connectivity index (χ0n) is 19.8. The van der Waals surface area contributed by atoms with Gasteiger partial charge in [0.05, 0.1) is 12.2 Å². The fourth-order valence-electron chi connectivity index (χ4n) is 8.84. The number of ether oxygens (including phenoxy) is 1. The van der Waals surface area contributed by atoms with E-state index in [9.17, 15) is 5.11 Å². The summed E-state index contributed by atoms with van der Waals surface area (Å²) >= 11 is 0. The van der Waals surface area contributed by atoms with Crippen molar-refractivity contribution >= 4 is 0 Å². The lowest BCUT2D eigenvalue weighted by Gasteiger charge is -2.60. The van der Waals surface area contributed by atoms with E-state index in [2.05, 4.69) is 26.8 Å². The Hall–Kier alpha value is -0.340. The minimum Gasteiger partial charge on any atom is -0.390 e. The lowest BCUT2D eigenvalue weighted by molar-refractivity contribution is -0.0974. The van der Waals surface area contributed by atoms with Crippen molar-refractivity contribution in [3.63, 3.8) is 0 Å². The third-order valence-electron chi connectivity index (χ3n) is 10.3. The van der Waals surface area contributed by atoms with E-state index in [0.717, 1.165) is 55.5 Å². The molecular formula is C27H46O2. The maximum Gasteiger partial charge on any atom is 0.0657 e. The summed E-state index contributed by atoms with van der Waals surface area (Å²) in [6.07, 6.45) is 16.5. The van der Waals surface area contributed by atoms with Gasteiger partial charge in [0.2, 0.25) is 0 Å². The van der Waals surface area contributed by atoms with Crippen LogP contribution in [0.5, 0.6) is 0 Å². The van der Waals surface area contributed by atoms with Gasteiger partial charge in [-0.25, -0.2) is 0 Å². The molecule has 166 valence electrons. The molecule has 29 heavy (non-hydrogen) atoms. The molecule has 0 aromatic heterocycles. The van der Waals surface area contributed by atoms with Gasteiger partial charge in [-0.05, 0) is 93.3 Å². The van der Waals surface area contributed by atoms with E-state index in [1.54, 1.807) is 0 Å². The molecule has 0 spiro atoms. The number of fused-ring (bicyclic) bond motifs is 5. The molecule has 0 heterocycles. The normalized spacial score (nSPS) is 47.7. The van der Waals surface area contributed by atoms with Crippen molar-refractivity contribution in [3.05, 3.63) is 11.6 Å². The van der Waals surface area contributed by atoms with Gasteiger partial charge < -0.3 is 9.84 Å². The molecule has 0 aromatic carbocycles. The topological polar surface area (TPSA) is 29.5 Å². The first-order chi connectivity index (χ1) is 13.8.